The number of hydrogen-bond donors (Lipinski definition) is 1. The molecule has 0 fully saturated rings. The summed E-state index contributed by atoms with van der Waals surface area (Å²) in [4.78, 5) is 15.6. The molecule has 0 bridgehead atoms. The SMILES string of the molecule is O=c1nc(-c2ccc#cc2O)oc2ccccc12. The summed E-state index contributed by atoms with van der Waals surface area (Å²) in [6, 6.07) is 15.0. The van der Waals surface area contributed by atoms with E-state index in [0.29, 0.717) is 16.5 Å². The number of para-hydroxylation sites is 1. The van der Waals surface area contributed by atoms with Gasteiger partial charge in [-0.3, -0.25) is 4.79 Å². The third-order valence-electron chi connectivity index (χ3n) is 2.54. The topological polar surface area (TPSA) is 63.3 Å². The minimum atomic E-state index is -0.390. The Labute approximate surface area is 102 Å². The highest BCUT2D eigenvalue weighted by Crippen LogP contribution is 2.25. The highest BCUT2D eigenvalue weighted by atomic mass is 16.3. The lowest BCUT2D eigenvalue weighted by Crippen LogP contribution is -2.06. The van der Waals surface area contributed by atoms with Crippen molar-refractivity contribution in [2.24, 2.45) is 0 Å². The molecule has 18 heavy (non-hydrogen) atoms. The lowest BCUT2D eigenvalue weighted by molar-refractivity contribution is 0.473. The molecule has 0 spiro atoms. The molecule has 2 aromatic carbocycles. The highest BCUT2D eigenvalue weighted by Gasteiger charge is 2.11. The third kappa shape index (κ3) is 1.59. The summed E-state index contributed by atoms with van der Waals surface area (Å²) in [5, 5.41) is 10.0. The summed E-state index contributed by atoms with van der Waals surface area (Å²) in [6.45, 7) is 0. The molecule has 0 saturated heterocycles. The second-order valence-corrected chi connectivity index (χ2v) is 3.69. The van der Waals surface area contributed by atoms with Crippen LogP contribution in [-0.2, 0) is 0 Å². The maximum absolute atomic E-state index is 11.8. The van der Waals surface area contributed by atoms with Crippen LogP contribution in [0.4, 0.5) is 0 Å². The Hall–Kier alpha value is -2.80. The summed E-state index contributed by atoms with van der Waals surface area (Å²) in [7, 11) is 0. The minimum Gasteiger partial charge on any atom is -0.500 e. The quantitative estimate of drug-likeness (QED) is 0.704. The third-order valence-corrected chi connectivity index (χ3v) is 2.54. The molecule has 0 amide bonds. The summed E-state index contributed by atoms with van der Waals surface area (Å²) in [6.07, 6.45) is 0. The van der Waals surface area contributed by atoms with Gasteiger partial charge in [0.05, 0.1) is 10.9 Å². The molecule has 0 saturated carbocycles. The Morgan fingerprint density at radius 1 is 1.22 bits per heavy atom. The van der Waals surface area contributed by atoms with Gasteiger partial charge >= 0.3 is 0 Å². The van der Waals surface area contributed by atoms with Crippen molar-refractivity contribution in [2.45, 2.75) is 0 Å². The molecule has 1 heterocycles. The summed E-state index contributed by atoms with van der Waals surface area (Å²) in [5.41, 5.74) is 0.357. The normalized spacial score (nSPS) is 10.2. The van der Waals surface area contributed by atoms with E-state index in [9.17, 15) is 9.90 Å². The van der Waals surface area contributed by atoms with E-state index in [0.717, 1.165) is 0 Å². The van der Waals surface area contributed by atoms with E-state index in [-0.39, 0.29) is 17.2 Å². The molecule has 0 atom stereocenters. The zero-order valence-electron chi connectivity index (χ0n) is 9.18. The van der Waals surface area contributed by atoms with E-state index in [4.69, 9.17) is 4.42 Å². The van der Waals surface area contributed by atoms with Crippen molar-refractivity contribution in [1.29, 1.82) is 0 Å². The van der Waals surface area contributed by atoms with Gasteiger partial charge in [-0.25, -0.2) is 0 Å². The molecule has 0 unspecified atom stereocenters. The molecule has 1 N–H and O–H groups in total. The van der Waals surface area contributed by atoms with Crippen molar-refractivity contribution in [3.63, 3.8) is 0 Å². The van der Waals surface area contributed by atoms with Crippen LogP contribution in [-0.4, -0.2) is 10.1 Å². The molecule has 0 aliphatic rings. The van der Waals surface area contributed by atoms with Gasteiger partial charge in [-0.15, -0.1) is 0 Å². The second kappa shape index (κ2) is 3.90. The van der Waals surface area contributed by atoms with Crippen molar-refractivity contribution >= 4 is 11.0 Å². The van der Waals surface area contributed by atoms with Crippen molar-refractivity contribution in [3.8, 4) is 17.2 Å². The Kier molecular flexibility index (Phi) is 2.24. The molecule has 0 aliphatic carbocycles. The fourth-order valence-electron chi connectivity index (χ4n) is 1.68. The van der Waals surface area contributed by atoms with Crippen LogP contribution in [0.3, 0.4) is 0 Å². The van der Waals surface area contributed by atoms with Crippen molar-refractivity contribution in [1.82, 2.24) is 4.98 Å². The first-order valence-corrected chi connectivity index (χ1v) is 5.27. The highest BCUT2D eigenvalue weighted by molar-refractivity contribution is 5.77. The second-order valence-electron chi connectivity index (χ2n) is 3.69. The average Bonchev–Trinajstić information content (AvgIpc) is 2.39. The van der Waals surface area contributed by atoms with Crippen LogP contribution in [0.25, 0.3) is 22.4 Å². The zero-order chi connectivity index (χ0) is 12.5. The standard InChI is InChI=1S/C14H7NO3/c16-11-7-3-1-5-9(11)14-15-13(17)10-6-2-4-8-12(10)18-14/h1-2,4-6,8,16H. The Morgan fingerprint density at radius 2 is 2.06 bits per heavy atom. The number of aromatic nitrogens is 1. The minimum absolute atomic E-state index is 0.0708. The molecule has 86 valence electrons. The van der Waals surface area contributed by atoms with Crippen molar-refractivity contribution in [3.05, 3.63) is 58.9 Å². The lowest BCUT2D eigenvalue weighted by Gasteiger charge is -2.01. The van der Waals surface area contributed by atoms with Crippen LogP contribution in [0.15, 0.2) is 45.6 Å². The van der Waals surface area contributed by atoms with Crippen LogP contribution >= 0.6 is 0 Å². The smallest absolute Gasteiger partial charge is 0.284 e. The fourth-order valence-corrected chi connectivity index (χ4v) is 1.68. The first-order chi connectivity index (χ1) is 8.75. The number of rotatable bonds is 1. The maximum atomic E-state index is 11.8. The van der Waals surface area contributed by atoms with Crippen LogP contribution < -0.4 is 5.56 Å². The van der Waals surface area contributed by atoms with Gasteiger partial charge in [0.15, 0.2) is 5.75 Å². The molecular formula is C14H7NO3. The Morgan fingerprint density at radius 3 is 2.89 bits per heavy atom. The lowest BCUT2D eigenvalue weighted by atomic mass is 10.2. The molecule has 4 heteroatoms. The number of fused-ring (bicyclic) bond motifs is 1. The van der Waals surface area contributed by atoms with Crippen molar-refractivity contribution in [2.75, 3.05) is 0 Å². The van der Waals surface area contributed by atoms with Crippen LogP contribution in [0, 0.1) is 12.1 Å². The Bertz CT molecular complexity index is 777. The number of benzene rings is 1. The molecule has 0 radical (unpaired) electrons. The van der Waals surface area contributed by atoms with E-state index >= 15 is 0 Å². The van der Waals surface area contributed by atoms with Gasteiger partial charge in [0, 0.05) is 0 Å². The van der Waals surface area contributed by atoms with Crippen LogP contribution in [0.2, 0.25) is 0 Å². The van der Waals surface area contributed by atoms with Crippen LogP contribution in [0.1, 0.15) is 0 Å². The molecule has 3 aromatic rings. The summed E-state index contributed by atoms with van der Waals surface area (Å²) in [5.74, 6) is -0.0788. The molecule has 0 aliphatic heterocycles. The van der Waals surface area contributed by atoms with Crippen molar-refractivity contribution < 1.29 is 9.52 Å². The number of nitrogens with zero attached hydrogens (tertiary/aromatic N) is 1. The van der Waals surface area contributed by atoms with Gasteiger partial charge < -0.3 is 9.52 Å². The maximum Gasteiger partial charge on any atom is 0.284 e. The van der Waals surface area contributed by atoms with Crippen LogP contribution in [0.5, 0.6) is 5.75 Å². The zero-order valence-corrected chi connectivity index (χ0v) is 9.18. The van der Waals surface area contributed by atoms with Gasteiger partial charge in [-0.1, -0.05) is 18.2 Å². The van der Waals surface area contributed by atoms with E-state index in [1.807, 2.05) is 0 Å². The van der Waals surface area contributed by atoms with Gasteiger partial charge in [0.2, 0.25) is 5.89 Å². The number of hydrogen-bond acceptors (Lipinski definition) is 4. The summed E-state index contributed by atoms with van der Waals surface area (Å²) >= 11 is 0. The van der Waals surface area contributed by atoms with Gasteiger partial charge in [-0.05, 0) is 30.3 Å². The fraction of sp³-hybridized carbons (Fsp3) is 0. The average molecular weight is 237 g/mol. The largest absolute Gasteiger partial charge is 0.500 e. The van der Waals surface area contributed by atoms with Gasteiger partial charge in [0.1, 0.15) is 5.58 Å². The van der Waals surface area contributed by atoms with E-state index in [1.165, 1.54) is 0 Å². The number of aromatic hydroxyl groups is 1. The first-order valence-electron chi connectivity index (χ1n) is 5.27. The Balaban J connectivity index is 2.32. The van der Waals surface area contributed by atoms with E-state index < -0.39 is 0 Å². The van der Waals surface area contributed by atoms with E-state index in [1.54, 1.807) is 36.4 Å². The predicted octanol–water partition coefficient (Wildman–Crippen LogP) is 2.16. The monoisotopic (exact) mass is 237 g/mol. The molecule has 1 aromatic heterocycles. The molecular weight excluding hydrogens is 230 g/mol. The van der Waals surface area contributed by atoms with E-state index in [2.05, 4.69) is 17.1 Å². The molecule has 4 nitrogen and oxygen atoms in total. The van der Waals surface area contributed by atoms with Gasteiger partial charge in [-0.2, -0.15) is 4.98 Å². The van der Waals surface area contributed by atoms with Gasteiger partial charge in [0.25, 0.3) is 5.56 Å². The first kappa shape index (κ1) is 10.4. The predicted molar refractivity (Wildman–Crippen MR) is 65.1 cm³/mol. The summed E-state index contributed by atoms with van der Waals surface area (Å²) < 4.78 is 5.50. The molecule has 3 rings (SSSR count).